The van der Waals surface area contributed by atoms with Crippen LogP contribution in [0.15, 0.2) is 24.3 Å². The average Bonchev–Trinajstić information content (AvgIpc) is 2.35. The second-order valence-electron chi connectivity index (χ2n) is 6.52. The maximum atomic E-state index is 13.7. The first kappa shape index (κ1) is 13.1. The zero-order valence-electron chi connectivity index (χ0n) is 11.7. The predicted octanol–water partition coefficient (Wildman–Crippen LogP) is 4.24. The first-order chi connectivity index (χ1) is 9.22. The maximum Gasteiger partial charge on any atom is 0.126 e. The van der Waals surface area contributed by atoms with Gasteiger partial charge in [0.1, 0.15) is 5.82 Å². The lowest BCUT2D eigenvalue weighted by molar-refractivity contribution is 0.215. The standard InChI is InChI=1S/C17H24FN/c1-12-5-4-6-14(9-12)19-15-10-13(11-15)16-7-2-3-8-17(16)18/h2-3,7-8,12-15,19H,4-6,9-11H2,1H3. The summed E-state index contributed by atoms with van der Waals surface area (Å²) in [6.45, 7) is 2.36. The van der Waals surface area contributed by atoms with Crippen LogP contribution >= 0.6 is 0 Å². The van der Waals surface area contributed by atoms with Gasteiger partial charge in [0.15, 0.2) is 0 Å². The van der Waals surface area contributed by atoms with Crippen molar-refractivity contribution in [3.05, 3.63) is 35.6 Å². The third kappa shape index (κ3) is 3.00. The van der Waals surface area contributed by atoms with Gasteiger partial charge in [-0.2, -0.15) is 0 Å². The predicted molar refractivity (Wildman–Crippen MR) is 76.7 cm³/mol. The summed E-state index contributed by atoms with van der Waals surface area (Å²) in [6.07, 6.45) is 7.60. The summed E-state index contributed by atoms with van der Waals surface area (Å²) in [5, 5.41) is 3.78. The summed E-state index contributed by atoms with van der Waals surface area (Å²) in [5.41, 5.74) is 0.914. The van der Waals surface area contributed by atoms with Gasteiger partial charge in [-0.25, -0.2) is 4.39 Å². The van der Waals surface area contributed by atoms with Gasteiger partial charge in [-0.15, -0.1) is 0 Å². The van der Waals surface area contributed by atoms with Crippen molar-refractivity contribution in [2.45, 2.75) is 63.5 Å². The molecule has 0 saturated heterocycles. The summed E-state index contributed by atoms with van der Waals surface area (Å²) >= 11 is 0. The van der Waals surface area contributed by atoms with E-state index >= 15 is 0 Å². The molecule has 0 aliphatic heterocycles. The van der Waals surface area contributed by atoms with Crippen LogP contribution in [0.4, 0.5) is 4.39 Å². The Labute approximate surface area is 115 Å². The Balaban J connectivity index is 1.49. The Bertz CT molecular complexity index is 425. The molecular formula is C17H24FN. The van der Waals surface area contributed by atoms with E-state index < -0.39 is 0 Å². The van der Waals surface area contributed by atoms with Crippen molar-refractivity contribution in [2.75, 3.05) is 0 Å². The molecule has 0 heterocycles. The lowest BCUT2D eigenvalue weighted by Crippen LogP contribution is -2.47. The SMILES string of the molecule is CC1CCCC(NC2CC(c3ccccc3F)C2)C1. The topological polar surface area (TPSA) is 12.0 Å². The quantitative estimate of drug-likeness (QED) is 0.858. The molecule has 2 fully saturated rings. The highest BCUT2D eigenvalue weighted by atomic mass is 19.1. The molecule has 0 radical (unpaired) electrons. The second-order valence-corrected chi connectivity index (χ2v) is 6.52. The number of halogens is 1. The summed E-state index contributed by atoms with van der Waals surface area (Å²) < 4.78 is 13.7. The Hall–Kier alpha value is -0.890. The van der Waals surface area contributed by atoms with E-state index in [1.165, 1.54) is 25.7 Å². The smallest absolute Gasteiger partial charge is 0.126 e. The number of benzene rings is 1. The van der Waals surface area contributed by atoms with E-state index in [0.717, 1.165) is 24.3 Å². The van der Waals surface area contributed by atoms with E-state index in [9.17, 15) is 4.39 Å². The van der Waals surface area contributed by atoms with Crippen molar-refractivity contribution in [3.8, 4) is 0 Å². The van der Waals surface area contributed by atoms with Crippen LogP contribution in [0.25, 0.3) is 0 Å². The van der Waals surface area contributed by atoms with Crippen molar-refractivity contribution < 1.29 is 4.39 Å². The highest BCUT2D eigenvalue weighted by Crippen LogP contribution is 2.39. The Morgan fingerprint density at radius 3 is 2.58 bits per heavy atom. The molecule has 3 rings (SSSR count). The summed E-state index contributed by atoms with van der Waals surface area (Å²) in [7, 11) is 0. The van der Waals surface area contributed by atoms with Crippen LogP contribution in [0.3, 0.4) is 0 Å². The van der Waals surface area contributed by atoms with Gasteiger partial charge in [0.2, 0.25) is 0 Å². The van der Waals surface area contributed by atoms with Crippen molar-refractivity contribution in [1.29, 1.82) is 0 Å². The first-order valence-electron chi connectivity index (χ1n) is 7.73. The Morgan fingerprint density at radius 1 is 1.05 bits per heavy atom. The van der Waals surface area contributed by atoms with Gasteiger partial charge in [-0.1, -0.05) is 38.0 Å². The molecule has 2 aliphatic rings. The van der Waals surface area contributed by atoms with Gasteiger partial charge in [0.25, 0.3) is 0 Å². The van der Waals surface area contributed by atoms with Crippen LogP contribution in [0.2, 0.25) is 0 Å². The Kier molecular flexibility index (Phi) is 3.88. The summed E-state index contributed by atoms with van der Waals surface area (Å²) in [4.78, 5) is 0. The number of rotatable bonds is 3. The number of hydrogen-bond donors (Lipinski definition) is 1. The molecule has 2 aliphatic carbocycles. The molecule has 2 heteroatoms. The second kappa shape index (κ2) is 5.62. The van der Waals surface area contributed by atoms with Gasteiger partial charge in [-0.05, 0) is 49.1 Å². The van der Waals surface area contributed by atoms with Crippen molar-refractivity contribution >= 4 is 0 Å². The molecule has 1 nitrogen and oxygen atoms in total. The monoisotopic (exact) mass is 261 g/mol. The molecule has 2 saturated carbocycles. The molecule has 1 N–H and O–H groups in total. The fourth-order valence-electron chi connectivity index (χ4n) is 3.73. The van der Waals surface area contributed by atoms with Crippen LogP contribution < -0.4 is 5.32 Å². The Morgan fingerprint density at radius 2 is 1.84 bits per heavy atom. The minimum absolute atomic E-state index is 0.0303. The molecule has 104 valence electrons. The molecule has 0 bridgehead atoms. The van der Waals surface area contributed by atoms with Crippen molar-refractivity contribution in [1.82, 2.24) is 5.32 Å². The van der Waals surface area contributed by atoms with Crippen LogP contribution in [0.1, 0.15) is 56.9 Å². The normalized spacial score (nSPS) is 34.8. The molecule has 0 aromatic heterocycles. The zero-order valence-corrected chi connectivity index (χ0v) is 11.7. The molecule has 1 aromatic rings. The number of nitrogens with one attached hydrogen (secondary N) is 1. The molecule has 0 spiro atoms. The molecule has 2 atom stereocenters. The van der Waals surface area contributed by atoms with Crippen LogP contribution in [-0.4, -0.2) is 12.1 Å². The fraction of sp³-hybridized carbons (Fsp3) is 0.647. The zero-order chi connectivity index (χ0) is 13.2. The van der Waals surface area contributed by atoms with Gasteiger partial charge in [0, 0.05) is 12.1 Å². The third-order valence-corrected chi connectivity index (χ3v) is 4.89. The average molecular weight is 261 g/mol. The van der Waals surface area contributed by atoms with Crippen LogP contribution in [-0.2, 0) is 0 Å². The third-order valence-electron chi connectivity index (χ3n) is 4.89. The molecule has 19 heavy (non-hydrogen) atoms. The molecule has 0 amide bonds. The van der Waals surface area contributed by atoms with E-state index in [0.29, 0.717) is 18.0 Å². The van der Waals surface area contributed by atoms with E-state index in [4.69, 9.17) is 0 Å². The maximum absolute atomic E-state index is 13.7. The van der Waals surface area contributed by atoms with Crippen LogP contribution in [0.5, 0.6) is 0 Å². The summed E-state index contributed by atoms with van der Waals surface area (Å²) in [6, 6.07) is 8.56. The lowest BCUT2D eigenvalue weighted by Gasteiger charge is -2.40. The molecule has 1 aromatic carbocycles. The van der Waals surface area contributed by atoms with Gasteiger partial charge < -0.3 is 5.32 Å². The molecular weight excluding hydrogens is 237 g/mol. The van der Waals surface area contributed by atoms with Gasteiger partial charge >= 0.3 is 0 Å². The van der Waals surface area contributed by atoms with E-state index in [2.05, 4.69) is 12.2 Å². The molecule has 2 unspecified atom stereocenters. The van der Waals surface area contributed by atoms with Gasteiger partial charge in [-0.3, -0.25) is 0 Å². The van der Waals surface area contributed by atoms with Crippen LogP contribution in [0, 0.1) is 11.7 Å². The summed E-state index contributed by atoms with van der Waals surface area (Å²) in [5.74, 6) is 1.27. The highest BCUT2D eigenvalue weighted by Gasteiger charge is 2.33. The highest BCUT2D eigenvalue weighted by molar-refractivity contribution is 5.24. The van der Waals surface area contributed by atoms with Crippen molar-refractivity contribution in [2.24, 2.45) is 5.92 Å². The largest absolute Gasteiger partial charge is 0.311 e. The first-order valence-corrected chi connectivity index (χ1v) is 7.73. The van der Waals surface area contributed by atoms with E-state index in [-0.39, 0.29) is 5.82 Å². The number of hydrogen-bond acceptors (Lipinski definition) is 1. The fourth-order valence-corrected chi connectivity index (χ4v) is 3.73. The van der Waals surface area contributed by atoms with Crippen molar-refractivity contribution in [3.63, 3.8) is 0 Å². The van der Waals surface area contributed by atoms with Gasteiger partial charge in [0.05, 0.1) is 0 Å². The lowest BCUT2D eigenvalue weighted by atomic mass is 9.74. The van der Waals surface area contributed by atoms with E-state index in [1.807, 2.05) is 12.1 Å². The van der Waals surface area contributed by atoms with E-state index in [1.54, 1.807) is 12.1 Å². The minimum atomic E-state index is -0.0303. The minimum Gasteiger partial charge on any atom is -0.311 e.